The predicted octanol–water partition coefficient (Wildman–Crippen LogP) is 6.29. The Kier molecular flexibility index (Phi) is 12.9. The van der Waals surface area contributed by atoms with E-state index >= 15 is 0 Å². The number of hydrogen-bond donors (Lipinski definition) is 1. The van der Waals surface area contributed by atoms with E-state index in [4.69, 9.17) is 30.5 Å². The normalized spacial score (nSPS) is 30.5. The van der Waals surface area contributed by atoms with Gasteiger partial charge in [-0.3, -0.25) is 4.79 Å². The number of nitrogens with zero attached hydrogens (tertiary/aromatic N) is 2. The first-order valence-electron chi connectivity index (χ1n) is 18.8. The molecule has 2 aromatic carbocycles. The first kappa shape index (κ1) is 38.3. The molecule has 2 aromatic rings. The van der Waals surface area contributed by atoms with Gasteiger partial charge in [-0.05, 0) is 125 Å². The van der Waals surface area contributed by atoms with E-state index in [9.17, 15) is 13.2 Å². The summed E-state index contributed by atoms with van der Waals surface area (Å²) in [5.41, 5.74) is 3.38. The summed E-state index contributed by atoms with van der Waals surface area (Å²) in [6.07, 6.45) is 7.48. The van der Waals surface area contributed by atoms with Gasteiger partial charge in [0.1, 0.15) is 12.4 Å². The summed E-state index contributed by atoms with van der Waals surface area (Å²) in [4.78, 5) is 18.3. The molecule has 3 aliphatic heterocycles. The topological polar surface area (TPSA) is 107 Å². The van der Waals surface area contributed by atoms with E-state index in [0.717, 1.165) is 69.3 Å². The van der Waals surface area contributed by atoms with Gasteiger partial charge in [-0.15, -0.1) is 0 Å². The first-order valence-corrected chi connectivity index (χ1v) is 20.7. The van der Waals surface area contributed by atoms with Crippen molar-refractivity contribution in [1.82, 2.24) is 9.62 Å². The zero-order valence-corrected chi connectivity index (χ0v) is 32.2. The van der Waals surface area contributed by atoms with Crippen LogP contribution in [0.25, 0.3) is 0 Å². The molecule has 3 heterocycles. The standard InChI is InChI=1S/C39H56ClN3O7S/c1-26-8-7-10-34(39-49-24-32(25-50-39)42(2)3)33-15-12-29(33)22-43-18-6-5-9-27-20-31(40)14-11-30(27)23-48-36-16-13-28(21-35(36)43)38(44)41-51(45,46)37(26)17-19-47-4/h11,13-14,16,20-21,26,29,32-34,37,39H,5-10,12,15,17-19,22-25H2,1-4H3,(H,41,44)/t26-,29-,32?,33+,34-,37+,39?/m0/s1. The molecule has 0 unspecified atom stereocenters. The van der Waals surface area contributed by atoms with Gasteiger partial charge in [-0.25, -0.2) is 13.1 Å². The van der Waals surface area contributed by atoms with Crippen molar-refractivity contribution in [3.63, 3.8) is 0 Å². The largest absolute Gasteiger partial charge is 0.487 e. The molecule has 10 nitrogen and oxygen atoms in total. The number of fused-ring (bicyclic) bond motifs is 3. The summed E-state index contributed by atoms with van der Waals surface area (Å²) >= 11 is 6.39. The van der Waals surface area contributed by atoms with Crippen LogP contribution in [0.1, 0.15) is 79.8 Å². The average molecular weight is 746 g/mol. The van der Waals surface area contributed by atoms with Gasteiger partial charge in [0.15, 0.2) is 6.29 Å². The number of nitrogens with one attached hydrogen (secondary N) is 1. The zero-order chi connectivity index (χ0) is 36.1. The van der Waals surface area contributed by atoms with E-state index in [2.05, 4.69) is 28.6 Å². The third-order valence-electron chi connectivity index (χ3n) is 11.8. The minimum atomic E-state index is -4.02. The fourth-order valence-corrected chi connectivity index (χ4v) is 10.3. The number of carbonyl (C=O) groups is 1. The van der Waals surface area contributed by atoms with Crippen LogP contribution in [0.2, 0.25) is 5.02 Å². The van der Waals surface area contributed by atoms with Crippen LogP contribution in [0.4, 0.5) is 5.69 Å². The molecule has 1 amide bonds. The third-order valence-corrected chi connectivity index (χ3v) is 14.0. The van der Waals surface area contributed by atoms with Crippen LogP contribution < -0.4 is 14.4 Å². The molecule has 4 aliphatic rings. The minimum absolute atomic E-state index is 0.184. The number of methoxy groups -OCH3 is 1. The summed E-state index contributed by atoms with van der Waals surface area (Å²) < 4.78 is 55.1. The quantitative estimate of drug-likeness (QED) is 0.378. The average Bonchev–Trinajstić information content (AvgIpc) is 3.12. The molecular weight excluding hydrogens is 690 g/mol. The molecule has 51 heavy (non-hydrogen) atoms. The number of benzene rings is 2. The van der Waals surface area contributed by atoms with Crippen LogP contribution in [-0.2, 0) is 37.3 Å². The van der Waals surface area contributed by atoms with Crippen LogP contribution in [0, 0.1) is 23.7 Å². The minimum Gasteiger partial charge on any atom is -0.487 e. The van der Waals surface area contributed by atoms with Crippen molar-refractivity contribution in [3.8, 4) is 5.75 Å². The Labute approximate surface area is 309 Å². The van der Waals surface area contributed by atoms with Crippen LogP contribution in [-0.4, -0.2) is 90.9 Å². The summed E-state index contributed by atoms with van der Waals surface area (Å²) in [7, 11) is 1.67. The molecule has 1 aliphatic carbocycles. The van der Waals surface area contributed by atoms with E-state index in [0.29, 0.717) is 60.8 Å². The zero-order valence-electron chi connectivity index (χ0n) is 30.7. The SMILES string of the molecule is COCC[C@@H]1[C@@H](C)CCC[C@H](C2OCC(N(C)C)CO2)[C@@H]2CC[C@H]2CN2CCCCc3cc(Cl)ccc3COc3ccc(cc32)C(=O)NS1(=O)=O. The Morgan fingerprint density at radius 3 is 2.51 bits per heavy atom. The molecule has 1 saturated carbocycles. The molecule has 1 saturated heterocycles. The van der Waals surface area contributed by atoms with Gasteiger partial charge >= 0.3 is 0 Å². The Morgan fingerprint density at radius 1 is 0.980 bits per heavy atom. The Balaban J connectivity index is 1.36. The molecule has 0 spiro atoms. The maximum absolute atomic E-state index is 13.9. The number of amides is 1. The van der Waals surface area contributed by atoms with E-state index in [1.807, 2.05) is 37.3 Å². The molecular formula is C39H56ClN3O7S. The van der Waals surface area contributed by atoms with Crippen molar-refractivity contribution in [2.45, 2.75) is 88.9 Å². The molecule has 6 rings (SSSR count). The van der Waals surface area contributed by atoms with Crippen molar-refractivity contribution < 1.29 is 32.2 Å². The van der Waals surface area contributed by atoms with E-state index < -0.39 is 21.2 Å². The lowest BCUT2D eigenvalue weighted by Crippen LogP contribution is -2.50. The molecule has 282 valence electrons. The van der Waals surface area contributed by atoms with Crippen molar-refractivity contribution in [1.29, 1.82) is 0 Å². The van der Waals surface area contributed by atoms with Gasteiger partial charge in [-0.2, -0.15) is 0 Å². The lowest BCUT2D eigenvalue weighted by atomic mass is 9.65. The second kappa shape index (κ2) is 17.2. The monoisotopic (exact) mass is 745 g/mol. The number of ether oxygens (including phenoxy) is 4. The Bertz CT molecular complexity index is 1600. The van der Waals surface area contributed by atoms with E-state index in [-0.39, 0.29) is 30.8 Å². The number of hydrogen-bond acceptors (Lipinski definition) is 9. The highest BCUT2D eigenvalue weighted by atomic mass is 35.5. The van der Waals surface area contributed by atoms with Crippen LogP contribution in [0.5, 0.6) is 5.75 Å². The maximum atomic E-state index is 13.9. The van der Waals surface area contributed by atoms with Gasteiger partial charge in [0.25, 0.3) is 5.91 Å². The second-order valence-corrected chi connectivity index (χ2v) is 17.6. The highest BCUT2D eigenvalue weighted by Gasteiger charge is 2.44. The summed E-state index contributed by atoms with van der Waals surface area (Å²) in [5, 5.41) is -0.0613. The lowest BCUT2D eigenvalue weighted by Gasteiger charge is -2.48. The van der Waals surface area contributed by atoms with Crippen molar-refractivity contribution in [3.05, 3.63) is 58.1 Å². The molecule has 5 atom stereocenters. The van der Waals surface area contributed by atoms with Gasteiger partial charge in [0, 0.05) is 43.3 Å². The molecule has 2 bridgehead atoms. The Hall–Kier alpha value is -2.41. The van der Waals surface area contributed by atoms with Crippen LogP contribution in [0.3, 0.4) is 0 Å². The molecule has 0 radical (unpaired) electrons. The summed E-state index contributed by atoms with van der Waals surface area (Å²) in [5.74, 6) is 0.884. The number of rotatable bonds is 5. The lowest BCUT2D eigenvalue weighted by molar-refractivity contribution is -0.240. The second-order valence-electron chi connectivity index (χ2n) is 15.3. The molecule has 12 heteroatoms. The number of sulfonamides is 1. The predicted molar refractivity (Wildman–Crippen MR) is 200 cm³/mol. The number of halogens is 1. The molecule has 2 fully saturated rings. The highest BCUT2D eigenvalue weighted by Crippen LogP contribution is 2.46. The maximum Gasteiger partial charge on any atom is 0.264 e. The summed E-state index contributed by atoms with van der Waals surface area (Å²) in [6, 6.07) is 11.5. The van der Waals surface area contributed by atoms with Gasteiger partial charge in [0.2, 0.25) is 10.0 Å². The third kappa shape index (κ3) is 9.22. The number of likely N-dealkylation sites (N-methyl/N-ethyl adjacent to an activating group) is 1. The van der Waals surface area contributed by atoms with Gasteiger partial charge in [0.05, 0.1) is 30.2 Å². The Morgan fingerprint density at radius 2 is 1.78 bits per heavy atom. The fourth-order valence-electron chi connectivity index (χ4n) is 8.46. The summed E-state index contributed by atoms with van der Waals surface area (Å²) in [6.45, 7) is 5.48. The van der Waals surface area contributed by atoms with Crippen molar-refractivity contribution in [2.24, 2.45) is 23.7 Å². The van der Waals surface area contributed by atoms with Crippen LogP contribution >= 0.6 is 11.6 Å². The molecule has 0 aromatic heterocycles. The van der Waals surface area contributed by atoms with Crippen LogP contribution in [0.15, 0.2) is 36.4 Å². The number of carbonyl (C=O) groups excluding carboxylic acids is 1. The number of aryl methyl sites for hydroxylation is 1. The van der Waals surface area contributed by atoms with Crippen molar-refractivity contribution >= 4 is 33.2 Å². The van der Waals surface area contributed by atoms with E-state index in [1.165, 1.54) is 5.56 Å². The first-order chi connectivity index (χ1) is 24.5. The number of anilines is 1. The van der Waals surface area contributed by atoms with Gasteiger partial charge in [-0.1, -0.05) is 31.0 Å². The molecule has 1 N–H and O–H groups in total. The smallest absolute Gasteiger partial charge is 0.264 e. The highest BCUT2D eigenvalue weighted by molar-refractivity contribution is 7.90. The van der Waals surface area contributed by atoms with E-state index in [1.54, 1.807) is 13.2 Å². The fraction of sp³-hybridized carbons (Fsp3) is 0.667. The van der Waals surface area contributed by atoms with Crippen molar-refractivity contribution in [2.75, 3.05) is 59.0 Å². The van der Waals surface area contributed by atoms with Gasteiger partial charge < -0.3 is 28.7 Å².